The highest BCUT2D eigenvalue weighted by Crippen LogP contribution is 2.18. The van der Waals surface area contributed by atoms with Gasteiger partial charge in [-0.3, -0.25) is 4.79 Å². The van der Waals surface area contributed by atoms with Crippen molar-refractivity contribution in [1.29, 1.82) is 0 Å². The van der Waals surface area contributed by atoms with E-state index in [1.807, 2.05) is 45.4 Å². The number of nitrogens with zero attached hydrogens (tertiary/aromatic N) is 1. The molecular weight excluding hydrogens is 304 g/mol. The van der Waals surface area contributed by atoms with Crippen LogP contribution in [0.2, 0.25) is 0 Å². The first-order valence-corrected chi connectivity index (χ1v) is 8.42. The van der Waals surface area contributed by atoms with Crippen molar-refractivity contribution in [3.63, 3.8) is 0 Å². The molecule has 0 aliphatic rings. The summed E-state index contributed by atoms with van der Waals surface area (Å²) in [5, 5.41) is 12.0. The summed E-state index contributed by atoms with van der Waals surface area (Å²) in [5.74, 6) is -1.06. The van der Waals surface area contributed by atoms with E-state index in [-0.39, 0.29) is 11.8 Å². The molecule has 1 amide bonds. The van der Waals surface area contributed by atoms with Crippen LogP contribution in [0.25, 0.3) is 0 Å². The Morgan fingerprint density at radius 2 is 1.62 bits per heavy atom. The third kappa shape index (κ3) is 6.71. The molecular formula is C19H31N2O3+. The Bertz CT molecular complexity index is 559. The largest absolute Gasteiger partial charge is 0.480 e. The molecule has 0 spiro atoms. The molecule has 0 saturated heterocycles. The van der Waals surface area contributed by atoms with E-state index >= 15 is 0 Å². The minimum Gasteiger partial charge on any atom is -0.480 e. The highest BCUT2D eigenvalue weighted by Gasteiger charge is 2.28. The zero-order chi connectivity index (χ0) is 18.5. The quantitative estimate of drug-likeness (QED) is 0.716. The van der Waals surface area contributed by atoms with Crippen LogP contribution in [-0.4, -0.2) is 55.2 Å². The molecule has 2 atom stereocenters. The summed E-state index contributed by atoms with van der Waals surface area (Å²) in [6.45, 7) is 6.48. The zero-order valence-electron chi connectivity index (χ0n) is 15.7. The highest BCUT2D eigenvalue weighted by atomic mass is 16.4. The molecule has 5 nitrogen and oxygen atoms in total. The maximum atomic E-state index is 12.4. The van der Waals surface area contributed by atoms with Crippen molar-refractivity contribution in [2.24, 2.45) is 5.92 Å². The van der Waals surface area contributed by atoms with Crippen molar-refractivity contribution >= 4 is 11.9 Å². The molecule has 24 heavy (non-hydrogen) atoms. The first kappa shape index (κ1) is 20.2. The third-order valence-corrected chi connectivity index (χ3v) is 3.86. The van der Waals surface area contributed by atoms with E-state index < -0.39 is 12.0 Å². The summed E-state index contributed by atoms with van der Waals surface area (Å²) >= 11 is 0. The van der Waals surface area contributed by atoms with E-state index in [0.29, 0.717) is 16.9 Å². The lowest BCUT2D eigenvalue weighted by Gasteiger charge is -2.28. The molecule has 0 bridgehead atoms. The summed E-state index contributed by atoms with van der Waals surface area (Å²) in [6.07, 6.45) is 1.01. The van der Waals surface area contributed by atoms with Crippen LogP contribution < -0.4 is 5.32 Å². The van der Waals surface area contributed by atoms with Crippen LogP contribution >= 0.6 is 0 Å². The Balaban J connectivity index is 2.77. The standard InChI is InChI=1S/C19H30N2O3/c1-13(2)11-15-7-9-16(10-8-15)14(3)18(22)20-17(19(23)24)12-21(4,5)6/h7-10,13-14,17H,11-12H2,1-6H3,(H-,20,22,23,24)/p+1. The first-order chi connectivity index (χ1) is 11.0. The number of carbonyl (C=O) groups excluding carboxylic acids is 1. The number of hydrogen-bond donors (Lipinski definition) is 2. The van der Waals surface area contributed by atoms with Gasteiger partial charge in [0.2, 0.25) is 5.91 Å². The topological polar surface area (TPSA) is 66.4 Å². The number of nitrogens with one attached hydrogen (secondary N) is 1. The van der Waals surface area contributed by atoms with Gasteiger partial charge in [-0.1, -0.05) is 38.1 Å². The van der Waals surface area contributed by atoms with Crippen molar-refractivity contribution in [2.45, 2.75) is 39.2 Å². The summed E-state index contributed by atoms with van der Waals surface area (Å²) in [7, 11) is 5.71. The number of carbonyl (C=O) groups is 2. The minimum atomic E-state index is -1.00. The van der Waals surface area contributed by atoms with Crippen LogP contribution in [-0.2, 0) is 16.0 Å². The summed E-state index contributed by atoms with van der Waals surface area (Å²) in [6, 6.07) is 7.11. The Kier molecular flexibility index (Phi) is 6.96. The Hall–Kier alpha value is -1.88. The van der Waals surface area contributed by atoms with Crippen LogP contribution in [0.15, 0.2) is 24.3 Å². The second kappa shape index (κ2) is 8.29. The number of likely N-dealkylation sites (N-methyl/N-ethyl adjacent to an activating group) is 1. The molecule has 1 aromatic rings. The third-order valence-electron chi connectivity index (χ3n) is 3.86. The summed E-state index contributed by atoms with van der Waals surface area (Å²) in [5.41, 5.74) is 2.14. The van der Waals surface area contributed by atoms with E-state index in [2.05, 4.69) is 19.2 Å². The van der Waals surface area contributed by atoms with Gasteiger partial charge in [0.1, 0.15) is 6.54 Å². The molecule has 1 rings (SSSR count). The van der Waals surface area contributed by atoms with E-state index in [1.165, 1.54) is 5.56 Å². The van der Waals surface area contributed by atoms with Gasteiger partial charge in [-0.2, -0.15) is 0 Å². The summed E-state index contributed by atoms with van der Waals surface area (Å²) in [4.78, 5) is 23.8. The lowest BCUT2D eigenvalue weighted by molar-refractivity contribution is -0.870. The monoisotopic (exact) mass is 335 g/mol. The van der Waals surface area contributed by atoms with Crippen molar-refractivity contribution in [3.8, 4) is 0 Å². The Morgan fingerprint density at radius 1 is 1.08 bits per heavy atom. The average Bonchev–Trinajstić information content (AvgIpc) is 2.44. The maximum Gasteiger partial charge on any atom is 0.332 e. The van der Waals surface area contributed by atoms with E-state index in [4.69, 9.17) is 0 Å². The SMILES string of the molecule is CC(C)Cc1ccc(C(C)C(=O)NC(C[N+](C)(C)C)C(=O)O)cc1. The van der Waals surface area contributed by atoms with E-state index in [9.17, 15) is 14.7 Å². The molecule has 1 aromatic carbocycles. The summed E-state index contributed by atoms with van der Waals surface area (Å²) < 4.78 is 0.468. The molecule has 134 valence electrons. The second-order valence-corrected chi connectivity index (χ2v) is 7.93. The molecule has 0 radical (unpaired) electrons. The number of amides is 1. The van der Waals surface area contributed by atoms with Crippen LogP contribution in [0.5, 0.6) is 0 Å². The van der Waals surface area contributed by atoms with Crippen LogP contribution in [0, 0.1) is 5.92 Å². The number of hydrogen-bond acceptors (Lipinski definition) is 2. The van der Waals surface area contributed by atoms with Crippen molar-refractivity contribution in [1.82, 2.24) is 5.32 Å². The fraction of sp³-hybridized carbons (Fsp3) is 0.579. The average molecular weight is 335 g/mol. The van der Waals surface area contributed by atoms with E-state index in [1.54, 1.807) is 6.92 Å². The fourth-order valence-electron chi connectivity index (χ4n) is 2.60. The van der Waals surface area contributed by atoms with Crippen molar-refractivity contribution in [3.05, 3.63) is 35.4 Å². The number of benzene rings is 1. The van der Waals surface area contributed by atoms with Crippen LogP contribution in [0.1, 0.15) is 37.8 Å². The van der Waals surface area contributed by atoms with E-state index in [0.717, 1.165) is 12.0 Å². The molecule has 0 aliphatic heterocycles. The molecule has 0 aliphatic carbocycles. The Labute approximate surface area is 145 Å². The second-order valence-electron chi connectivity index (χ2n) is 7.93. The smallest absolute Gasteiger partial charge is 0.332 e. The molecule has 0 heterocycles. The van der Waals surface area contributed by atoms with Gasteiger partial charge in [-0.25, -0.2) is 4.79 Å². The molecule has 2 unspecified atom stereocenters. The highest BCUT2D eigenvalue weighted by molar-refractivity contribution is 5.87. The van der Waals surface area contributed by atoms with Gasteiger partial charge >= 0.3 is 5.97 Å². The van der Waals surface area contributed by atoms with Crippen LogP contribution in [0.4, 0.5) is 0 Å². The lowest BCUT2D eigenvalue weighted by Crippen LogP contribution is -2.53. The first-order valence-electron chi connectivity index (χ1n) is 8.42. The zero-order valence-corrected chi connectivity index (χ0v) is 15.7. The van der Waals surface area contributed by atoms with Gasteiger partial charge in [-0.15, -0.1) is 0 Å². The lowest BCUT2D eigenvalue weighted by atomic mass is 9.96. The van der Waals surface area contributed by atoms with Gasteiger partial charge in [0.05, 0.1) is 27.1 Å². The number of quaternary nitrogens is 1. The number of carboxylic acids is 1. The van der Waals surface area contributed by atoms with Crippen molar-refractivity contribution < 1.29 is 19.2 Å². The number of carboxylic acid groups (broad SMARTS) is 1. The van der Waals surface area contributed by atoms with Gasteiger partial charge < -0.3 is 14.9 Å². The predicted octanol–water partition coefficient (Wildman–Crippen LogP) is 2.26. The molecule has 0 aromatic heterocycles. The number of rotatable bonds is 8. The predicted molar refractivity (Wildman–Crippen MR) is 95.9 cm³/mol. The molecule has 5 heteroatoms. The molecule has 0 fully saturated rings. The number of aliphatic carboxylic acids is 1. The normalized spacial score (nSPS) is 14.3. The molecule has 2 N–H and O–H groups in total. The fourth-order valence-corrected chi connectivity index (χ4v) is 2.60. The molecule has 0 saturated carbocycles. The maximum absolute atomic E-state index is 12.4. The van der Waals surface area contributed by atoms with Gasteiger partial charge in [0, 0.05) is 0 Å². The Morgan fingerprint density at radius 3 is 2.04 bits per heavy atom. The van der Waals surface area contributed by atoms with Gasteiger partial charge in [0.15, 0.2) is 6.04 Å². The minimum absolute atomic E-state index is 0.257. The van der Waals surface area contributed by atoms with Crippen LogP contribution in [0.3, 0.4) is 0 Å². The van der Waals surface area contributed by atoms with Crippen molar-refractivity contribution in [2.75, 3.05) is 27.7 Å². The van der Waals surface area contributed by atoms with Gasteiger partial charge in [-0.05, 0) is 30.4 Å². The van der Waals surface area contributed by atoms with Gasteiger partial charge in [0.25, 0.3) is 0 Å².